The Morgan fingerprint density at radius 3 is 2.87 bits per heavy atom. The molecular weight excluding hydrogens is 192 g/mol. The first-order valence-corrected chi connectivity index (χ1v) is 4.99. The van der Waals surface area contributed by atoms with E-state index in [4.69, 9.17) is 10.4 Å². The Labute approximate surface area is 89.3 Å². The first-order chi connectivity index (χ1) is 7.20. The summed E-state index contributed by atoms with van der Waals surface area (Å²) in [5, 5.41) is 24.9. The van der Waals surface area contributed by atoms with E-state index >= 15 is 0 Å². The minimum Gasteiger partial charge on any atom is -0.396 e. The van der Waals surface area contributed by atoms with E-state index < -0.39 is 0 Å². The number of nitriles is 1. The molecule has 1 rings (SSSR count). The number of nitrogens with one attached hydrogen (secondary N) is 1. The molecule has 1 aromatic rings. The van der Waals surface area contributed by atoms with Crippen LogP contribution in [0.1, 0.15) is 24.1 Å². The van der Waals surface area contributed by atoms with E-state index in [0.717, 1.165) is 30.9 Å². The third-order valence-electron chi connectivity index (χ3n) is 2.21. The fraction of sp³-hybridized carbons (Fsp3) is 0.600. The molecule has 5 nitrogen and oxygen atoms in total. The molecule has 0 aliphatic carbocycles. The maximum Gasteiger partial charge on any atom is 0.142 e. The van der Waals surface area contributed by atoms with Gasteiger partial charge in [0.15, 0.2) is 0 Å². The van der Waals surface area contributed by atoms with Gasteiger partial charge in [-0.15, -0.1) is 0 Å². The quantitative estimate of drug-likeness (QED) is 0.701. The minimum absolute atomic E-state index is 0.206. The van der Waals surface area contributed by atoms with E-state index in [1.165, 1.54) is 0 Å². The third-order valence-corrected chi connectivity index (χ3v) is 2.21. The molecule has 0 saturated heterocycles. The molecule has 5 heteroatoms. The van der Waals surface area contributed by atoms with Crippen molar-refractivity contribution in [1.82, 2.24) is 9.78 Å². The summed E-state index contributed by atoms with van der Waals surface area (Å²) in [7, 11) is 1.81. The summed E-state index contributed by atoms with van der Waals surface area (Å²) in [6.07, 6.45) is 1.65. The van der Waals surface area contributed by atoms with Gasteiger partial charge in [0, 0.05) is 20.2 Å². The minimum atomic E-state index is 0.206. The van der Waals surface area contributed by atoms with Gasteiger partial charge >= 0.3 is 0 Å². The van der Waals surface area contributed by atoms with E-state index in [-0.39, 0.29) is 6.61 Å². The van der Waals surface area contributed by atoms with Crippen LogP contribution in [0.5, 0.6) is 0 Å². The standard InChI is InChI=1S/C10H16N4O/c1-8-9(7-11)10(14(2)13-8)12-5-3-4-6-15/h12,15H,3-6H2,1-2H3. The third kappa shape index (κ3) is 2.70. The Hall–Kier alpha value is -1.54. The van der Waals surface area contributed by atoms with Crippen molar-refractivity contribution in [2.24, 2.45) is 7.05 Å². The van der Waals surface area contributed by atoms with Crippen LogP contribution < -0.4 is 5.32 Å². The Morgan fingerprint density at radius 1 is 1.53 bits per heavy atom. The molecule has 2 N–H and O–H groups in total. The predicted octanol–water partition coefficient (Wildman–Crippen LogP) is 0.785. The number of hydrogen-bond acceptors (Lipinski definition) is 4. The summed E-state index contributed by atoms with van der Waals surface area (Å²) >= 11 is 0. The number of unbranched alkanes of at least 4 members (excludes halogenated alkanes) is 1. The van der Waals surface area contributed by atoms with Crippen molar-refractivity contribution in [1.29, 1.82) is 5.26 Å². The summed E-state index contributed by atoms with van der Waals surface area (Å²) in [5.74, 6) is 0.757. The molecule has 0 saturated carbocycles. The van der Waals surface area contributed by atoms with Crippen molar-refractivity contribution in [2.75, 3.05) is 18.5 Å². The molecule has 82 valence electrons. The lowest BCUT2D eigenvalue weighted by molar-refractivity contribution is 0.286. The molecule has 0 spiro atoms. The van der Waals surface area contributed by atoms with Crippen LogP contribution in [0.4, 0.5) is 5.82 Å². The van der Waals surface area contributed by atoms with Crippen LogP contribution in [-0.4, -0.2) is 28.0 Å². The lowest BCUT2D eigenvalue weighted by atomic mass is 10.2. The Kier molecular flexibility index (Phi) is 4.13. The Balaban J connectivity index is 2.64. The average molecular weight is 208 g/mol. The van der Waals surface area contributed by atoms with E-state index in [1.807, 2.05) is 14.0 Å². The molecule has 0 unspecified atom stereocenters. The molecular formula is C10H16N4O. The van der Waals surface area contributed by atoms with E-state index in [2.05, 4.69) is 16.5 Å². The topological polar surface area (TPSA) is 73.9 Å². The lowest BCUT2D eigenvalue weighted by Crippen LogP contribution is -2.07. The zero-order chi connectivity index (χ0) is 11.3. The Morgan fingerprint density at radius 2 is 2.27 bits per heavy atom. The highest BCUT2D eigenvalue weighted by molar-refractivity contribution is 5.54. The van der Waals surface area contributed by atoms with Crippen molar-refractivity contribution in [3.05, 3.63) is 11.3 Å². The summed E-state index contributed by atoms with van der Waals surface area (Å²) in [6, 6.07) is 2.13. The van der Waals surface area contributed by atoms with Gasteiger partial charge in [0.2, 0.25) is 0 Å². The molecule has 1 aromatic heterocycles. The van der Waals surface area contributed by atoms with Gasteiger partial charge in [0.05, 0.1) is 5.69 Å². The van der Waals surface area contributed by atoms with Gasteiger partial charge in [0.25, 0.3) is 0 Å². The maximum absolute atomic E-state index is 8.93. The number of aliphatic hydroxyl groups is 1. The number of aliphatic hydroxyl groups excluding tert-OH is 1. The van der Waals surface area contributed by atoms with Crippen LogP contribution >= 0.6 is 0 Å². The van der Waals surface area contributed by atoms with Gasteiger partial charge in [-0.2, -0.15) is 10.4 Å². The van der Waals surface area contributed by atoms with Crippen LogP contribution in [0.25, 0.3) is 0 Å². The van der Waals surface area contributed by atoms with Crippen molar-refractivity contribution in [3.8, 4) is 6.07 Å². The Bertz CT molecular complexity index is 364. The monoisotopic (exact) mass is 208 g/mol. The molecule has 0 aliphatic heterocycles. The van der Waals surface area contributed by atoms with Gasteiger partial charge in [0.1, 0.15) is 17.5 Å². The normalized spacial score (nSPS) is 10.0. The van der Waals surface area contributed by atoms with Crippen LogP contribution in [0.2, 0.25) is 0 Å². The van der Waals surface area contributed by atoms with Gasteiger partial charge in [-0.05, 0) is 19.8 Å². The summed E-state index contributed by atoms with van der Waals surface area (Å²) in [6.45, 7) is 2.77. The number of hydrogen-bond donors (Lipinski definition) is 2. The van der Waals surface area contributed by atoms with Crippen LogP contribution in [-0.2, 0) is 7.05 Å². The average Bonchev–Trinajstić information content (AvgIpc) is 2.48. The smallest absolute Gasteiger partial charge is 0.142 e. The number of aromatic nitrogens is 2. The number of aryl methyl sites for hydroxylation is 2. The van der Waals surface area contributed by atoms with E-state index in [0.29, 0.717) is 5.56 Å². The lowest BCUT2D eigenvalue weighted by Gasteiger charge is -2.05. The van der Waals surface area contributed by atoms with Gasteiger partial charge < -0.3 is 10.4 Å². The molecule has 15 heavy (non-hydrogen) atoms. The number of nitrogens with zero attached hydrogens (tertiary/aromatic N) is 3. The van der Waals surface area contributed by atoms with Gasteiger partial charge in [-0.25, -0.2) is 0 Å². The summed E-state index contributed by atoms with van der Waals surface area (Å²) in [4.78, 5) is 0. The number of rotatable bonds is 5. The molecule has 0 aliphatic rings. The van der Waals surface area contributed by atoms with Crippen LogP contribution in [0.3, 0.4) is 0 Å². The predicted molar refractivity (Wildman–Crippen MR) is 57.5 cm³/mol. The first-order valence-electron chi connectivity index (χ1n) is 4.99. The molecule has 0 atom stereocenters. The summed E-state index contributed by atoms with van der Waals surface area (Å²) < 4.78 is 1.67. The second kappa shape index (κ2) is 5.37. The van der Waals surface area contributed by atoms with Crippen molar-refractivity contribution in [3.63, 3.8) is 0 Å². The molecule has 1 heterocycles. The van der Waals surface area contributed by atoms with E-state index in [9.17, 15) is 0 Å². The van der Waals surface area contributed by atoms with Crippen molar-refractivity contribution in [2.45, 2.75) is 19.8 Å². The summed E-state index contributed by atoms with van der Waals surface area (Å²) in [5.41, 5.74) is 1.34. The van der Waals surface area contributed by atoms with Crippen LogP contribution in [0, 0.1) is 18.3 Å². The highest BCUT2D eigenvalue weighted by Crippen LogP contribution is 2.16. The highest BCUT2D eigenvalue weighted by atomic mass is 16.2. The molecule has 0 bridgehead atoms. The molecule has 0 aromatic carbocycles. The maximum atomic E-state index is 8.93. The van der Waals surface area contributed by atoms with Gasteiger partial charge in [-0.3, -0.25) is 4.68 Å². The van der Waals surface area contributed by atoms with Crippen molar-refractivity contribution < 1.29 is 5.11 Å². The van der Waals surface area contributed by atoms with Gasteiger partial charge in [-0.1, -0.05) is 0 Å². The second-order valence-corrected chi connectivity index (χ2v) is 3.40. The molecule has 0 amide bonds. The second-order valence-electron chi connectivity index (χ2n) is 3.40. The van der Waals surface area contributed by atoms with E-state index in [1.54, 1.807) is 4.68 Å². The van der Waals surface area contributed by atoms with Crippen LogP contribution in [0.15, 0.2) is 0 Å². The molecule has 0 radical (unpaired) electrons. The zero-order valence-corrected chi connectivity index (χ0v) is 9.12. The zero-order valence-electron chi connectivity index (χ0n) is 9.12. The molecule has 0 fully saturated rings. The largest absolute Gasteiger partial charge is 0.396 e. The highest BCUT2D eigenvalue weighted by Gasteiger charge is 2.11. The fourth-order valence-corrected chi connectivity index (χ4v) is 1.44. The number of anilines is 1. The fourth-order valence-electron chi connectivity index (χ4n) is 1.44. The SMILES string of the molecule is Cc1nn(C)c(NCCCCO)c1C#N. The van der Waals surface area contributed by atoms with Crippen molar-refractivity contribution >= 4 is 5.82 Å². The first kappa shape index (κ1) is 11.5.